The number of aromatic nitrogens is 1. The number of pyridine rings is 1. The molecular formula is C18H18BBr2FN4O4+. The van der Waals surface area contributed by atoms with Crippen molar-refractivity contribution in [1.82, 2.24) is 4.98 Å². The first-order valence-corrected chi connectivity index (χ1v) is 9.21. The third-order valence-electron chi connectivity index (χ3n) is 3.00. The molecule has 1 atom stereocenters. The number of aromatic hydroxyl groups is 1. The molecule has 3 aromatic heterocycles. The number of rotatable bonds is 3. The first kappa shape index (κ1) is 29.3. The smallest absolute Gasteiger partial charge is 0.231 e. The zero-order chi connectivity index (χ0) is 20.9. The lowest BCUT2D eigenvalue weighted by Gasteiger charge is -1.97. The molecule has 0 spiro atoms. The van der Waals surface area contributed by atoms with Crippen LogP contribution in [0.3, 0.4) is 0 Å². The molecule has 8 nitrogen and oxygen atoms in total. The first-order chi connectivity index (χ1) is 13.5. The van der Waals surface area contributed by atoms with E-state index >= 15 is 0 Å². The summed E-state index contributed by atoms with van der Waals surface area (Å²) in [4.78, 5) is 13.5. The maximum absolute atomic E-state index is 9.77. The van der Waals surface area contributed by atoms with Gasteiger partial charge in [-0.3, -0.25) is 9.50 Å². The minimum atomic E-state index is -0.199. The second kappa shape index (κ2) is 15.9. The van der Waals surface area contributed by atoms with Crippen molar-refractivity contribution in [2.45, 2.75) is 6.04 Å². The van der Waals surface area contributed by atoms with Crippen molar-refractivity contribution in [2.24, 2.45) is 0 Å². The molecule has 1 unspecified atom stereocenters. The van der Waals surface area contributed by atoms with Crippen molar-refractivity contribution in [3.8, 4) is 17.9 Å². The second-order valence-electron chi connectivity index (χ2n) is 4.82. The lowest BCUT2D eigenvalue weighted by atomic mass is 10.2. The number of hydrogen-bond acceptors (Lipinski definition) is 7. The average molecular weight is 545 g/mol. The number of nitriles is 2. The normalized spacial score (nSPS) is 9.50. The van der Waals surface area contributed by atoms with Crippen LogP contribution >= 0.6 is 31.9 Å². The Balaban J connectivity index is -0.000000369. The molecule has 0 amide bonds. The topological polar surface area (TPSA) is 141 Å². The van der Waals surface area contributed by atoms with Crippen molar-refractivity contribution in [3.05, 3.63) is 69.1 Å². The van der Waals surface area contributed by atoms with Crippen LogP contribution in [0.15, 0.2) is 60.8 Å². The fourth-order valence-corrected chi connectivity index (χ4v) is 2.80. The Labute approximate surface area is 192 Å². The van der Waals surface area contributed by atoms with E-state index in [9.17, 15) is 4.79 Å². The number of carbonyl (C=O) groups excluding carboxylic acids is 1. The van der Waals surface area contributed by atoms with Crippen LogP contribution in [0.5, 0.6) is 5.75 Å². The molecule has 3 heterocycles. The van der Waals surface area contributed by atoms with Gasteiger partial charge in [-0.15, -0.1) is 0 Å². The highest BCUT2D eigenvalue weighted by molar-refractivity contribution is 9.11. The Morgan fingerprint density at radius 2 is 1.90 bits per heavy atom. The van der Waals surface area contributed by atoms with Gasteiger partial charge in [0.25, 0.3) is 0 Å². The molecule has 0 aromatic carbocycles. The van der Waals surface area contributed by atoms with Crippen LogP contribution in [-0.2, 0) is 0 Å². The fraction of sp³-hybridized carbons (Fsp3) is 0.111. The van der Waals surface area contributed by atoms with Gasteiger partial charge in [0.2, 0.25) is 6.04 Å². The summed E-state index contributed by atoms with van der Waals surface area (Å²) >= 11 is 6.15. The highest BCUT2D eigenvalue weighted by Crippen LogP contribution is 2.28. The molecule has 0 bridgehead atoms. The van der Waals surface area contributed by atoms with E-state index in [-0.39, 0.29) is 32.0 Å². The third kappa shape index (κ3) is 9.52. The molecule has 0 saturated carbocycles. The summed E-state index contributed by atoms with van der Waals surface area (Å²) < 4.78 is 10.6. The molecule has 157 valence electrons. The van der Waals surface area contributed by atoms with E-state index in [2.05, 4.69) is 47.3 Å². The van der Waals surface area contributed by atoms with E-state index in [0.717, 1.165) is 0 Å². The number of quaternary nitrogens is 1. The van der Waals surface area contributed by atoms with Gasteiger partial charge in [-0.05, 0) is 62.2 Å². The van der Waals surface area contributed by atoms with Crippen LogP contribution < -0.4 is 5.32 Å². The van der Waals surface area contributed by atoms with E-state index in [0.29, 0.717) is 26.9 Å². The van der Waals surface area contributed by atoms with Crippen molar-refractivity contribution >= 4 is 46.6 Å². The number of furan rings is 2. The van der Waals surface area contributed by atoms with Gasteiger partial charge in [0.15, 0.2) is 29.3 Å². The van der Waals surface area contributed by atoms with Gasteiger partial charge in [0, 0.05) is 9.84 Å². The van der Waals surface area contributed by atoms with Crippen molar-refractivity contribution in [1.29, 1.82) is 10.5 Å². The molecule has 0 aliphatic heterocycles. The Bertz CT molecular complexity index is 964. The quantitative estimate of drug-likeness (QED) is 0.293. The number of halogens is 3. The molecule has 0 saturated heterocycles. The van der Waals surface area contributed by atoms with E-state index in [1.807, 2.05) is 7.05 Å². The summed E-state index contributed by atoms with van der Waals surface area (Å²) in [6.45, 7) is 0. The summed E-state index contributed by atoms with van der Waals surface area (Å²) in [5.41, 5.74) is 0.00579. The van der Waals surface area contributed by atoms with Gasteiger partial charge in [-0.1, -0.05) is 0 Å². The molecule has 30 heavy (non-hydrogen) atoms. The number of hydrogen-bond donors (Lipinski definition) is 2. The molecule has 3 rings (SSSR count). The van der Waals surface area contributed by atoms with Crippen LogP contribution in [-0.4, -0.2) is 31.8 Å². The Kier molecular flexibility index (Phi) is 15.6. The van der Waals surface area contributed by atoms with Crippen molar-refractivity contribution in [3.63, 3.8) is 0 Å². The molecule has 3 N–H and O–H groups in total. The van der Waals surface area contributed by atoms with Crippen molar-refractivity contribution < 1.29 is 30.2 Å². The van der Waals surface area contributed by atoms with E-state index in [1.54, 1.807) is 48.0 Å². The van der Waals surface area contributed by atoms with Gasteiger partial charge in [-0.25, -0.2) is 4.98 Å². The highest BCUT2D eigenvalue weighted by atomic mass is 79.9. The van der Waals surface area contributed by atoms with Crippen LogP contribution in [0.25, 0.3) is 0 Å². The Hall–Kier alpha value is -2.93. The maximum Gasteiger partial charge on any atom is 0.231 e. The van der Waals surface area contributed by atoms with Gasteiger partial charge in [0.05, 0.1) is 24.0 Å². The van der Waals surface area contributed by atoms with Gasteiger partial charge < -0.3 is 19.3 Å². The number of nitrogens with two attached hydrogens (primary N) is 1. The predicted molar refractivity (Wildman–Crippen MR) is 115 cm³/mol. The van der Waals surface area contributed by atoms with Gasteiger partial charge in [0.1, 0.15) is 16.7 Å². The summed E-state index contributed by atoms with van der Waals surface area (Å²) in [6, 6.07) is 12.1. The summed E-state index contributed by atoms with van der Waals surface area (Å²) in [5.74, 6) is 0.959. The summed E-state index contributed by atoms with van der Waals surface area (Å²) in [6.07, 6.45) is 3.70. The third-order valence-corrected chi connectivity index (χ3v) is 4.01. The zero-order valence-corrected chi connectivity index (χ0v) is 18.7. The number of carbonyl (C=O) groups is 1. The van der Waals surface area contributed by atoms with Crippen molar-refractivity contribution in [2.75, 3.05) is 7.05 Å². The molecule has 0 fully saturated rings. The summed E-state index contributed by atoms with van der Waals surface area (Å²) in [7, 11) is 1.84. The minimum absolute atomic E-state index is 0. The SMILES string of the molecule is C[NH2+]C(C#N)c1ccco1.F.N#Cc1nc(Br)cc(Br)c1O.O=Cc1ccco1.[2HH].[B]. The first-order valence-electron chi connectivity index (χ1n) is 7.63. The van der Waals surface area contributed by atoms with Gasteiger partial charge >= 0.3 is 0 Å². The van der Waals surface area contributed by atoms with Gasteiger partial charge in [-0.2, -0.15) is 10.5 Å². The lowest BCUT2D eigenvalue weighted by molar-refractivity contribution is -0.658. The summed E-state index contributed by atoms with van der Waals surface area (Å²) in [5, 5.41) is 28.0. The average Bonchev–Trinajstić information content (AvgIpc) is 3.40. The van der Waals surface area contributed by atoms with E-state index in [4.69, 9.17) is 20.0 Å². The second-order valence-corrected chi connectivity index (χ2v) is 6.49. The molecular weight excluding hydrogens is 526 g/mol. The van der Waals surface area contributed by atoms with E-state index < -0.39 is 0 Å². The molecule has 3 aromatic rings. The van der Waals surface area contributed by atoms with Crippen LogP contribution in [0, 0.1) is 22.7 Å². The highest BCUT2D eigenvalue weighted by Gasteiger charge is 2.12. The fourth-order valence-electron chi connectivity index (χ4n) is 1.68. The number of nitrogens with zero attached hydrogens (tertiary/aromatic N) is 3. The standard InChI is InChI=1S/C7H8N2O.C6H2Br2N2O.C5H4O2.B.FH.H2/c1-9-6(5-8)7-3-2-4-10-7;7-3-1-5(8)10-4(2-9)6(3)11;6-4-5-2-1-3-7-5;;;/h2-4,6,9H,1H3;1,11H;1-4H;;2*1H/p+1/i;;;;;1+1. The lowest BCUT2D eigenvalue weighted by Crippen LogP contribution is -2.80. The predicted octanol–water partition coefficient (Wildman–Crippen LogP) is 3.33. The largest absolute Gasteiger partial charge is 0.504 e. The number of aldehydes is 1. The molecule has 0 aliphatic carbocycles. The Morgan fingerprint density at radius 3 is 2.30 bits per heavy atom. The Morgan fingerprint density at radius 1 is 1.27 bits per heavy atom. The van der Waals surface area contributed by atoms with Crippen LogP contribution in [0.4, 0.5) is 4.70 Å². The van der Waals surface area contributed by atoms with Crippen LogP contribution in [0.2, 0.25) is 0 Å². The monoisotopic (exact) mass is 543 g/mol. The molecule has 3 radical (unpaired) electrons. The minimum Gasteiger partial charge on any atom is -0.504 e. The van der Waals surface area contributed by atoms with E-state index in [1.165, 1.54) is 6.26 Å². The molecule has 12 heteroatoms. The van der Waals surface area contributed by atoms with Crippen LogP contribution in [0.1, 0.15) is 29.5 Å². The zero-order valence-electron chi connectivity index (χ0n) is 15.5. The maximum atomic E-state index is 9.77. The molecule has 0 aliphatic rings.